The molecule has 1 saturated carbocycles. The van der Waals surface area contributed by atoms with Gasteiger partial charge in [0.1, 0.15) is 0 Å². The predicted octanol–water partition coefficient (Wildman–Crippen LogP) is 4.16. The summed E-state index contributed by atoms with van der Waals surface area (Å²) >= 11 is 0. The minimum absolute atomic E-state index is 0.476. The number of hydrogen-bond donors (Lipinski definition) is 1. The molecule has 0 amide bonds. The third-order valence-electron chi connectivity index (χ3n) is 5.99. The summed E-state index contributed by atoms with van der Waals surface area (Å²) in [5.41, 5.74) is 1.02. The molecule has 21 heavy (non-hydrogen) atoms. The monoisotopic (exact) mass is 294 g/mol. The first-order valence-electron chi connectivity index (χ1n) is 9.28. The van der Waals surface area contributed by atoms with Crippen molar-refractivity contribution in [2.45, 2.75) is 66.7 Å². The van der Waals surface area contributed by atoms with Crippen LogP contribution in [-0.2, 0) is 0 Å². The van der Waals surface area contributed by atoms with Gasteiger partial charge in [-0.2, -0.15) is 0 Å². The summed E-state index contributed by atoms with van der Waals surface area (Å²) in [6.07, 6.45) is 7.13. The molecule has 1 N–H and O–H groups in total. The van der Waals surface area contributed by atoms with Crippen LogP contribution in [0.4, 0.5) is 0 Å². The van der Waals surface area contributed by atoms with Gasteiger partial charge in [-0.3, -0.25) is 0 Å². The molecule has 0 radical (unpaired) electrons. The Morgan fingerprint density at radius 2 is 2.00 bits per heavy atom. The van der Waals surface area contributed by atoms with Gasteiger partial charge in [-0.15, -0.1) is 0 Å². The van der Waals surface area contributed by atoms with Crippen molar-refractivity contribution in [3.05, 3.63) is 0 Å². The van der Waals surface area contributed by atoms with E-state index in [4.69, 9.17) is 0 Å². The molecule has 2 heteroatoms. The standard InChI is InChI=1S/C19H38N2/c1-6-20-14-19(10-7-8-16(2)12-19)15-21-11-9-17(13-21)18(3,4)5/h16-17,20H,6-15H2,1-5H3. The third kappa shape index (κ3) is 4.69. The molecule has 0 spiro atoms. The molecule has 1 saturated heterocycles. The smallest absolute Gasteiger partial charge is 0.00504 e. The fraction of sp³-hybridized carbons (Fsp3) is 1.00. The van der Waals surface area contributed by atoms with Gasteiger partial charge in [-0.25, -0.2) is 0 Å². The lowest BCUT2D eigenvalue weighted by atomic mass is 9.69. The van der Waals surface area contributed by atoms with E-state index in [1.165, 1.54) is 58.3 Å². The number of likely N-dealkylation sites (tertiary alicyclic amines) is 1. The molecule has 3 atom stereocenters. The molecule has 124 valence electrons. The maximum Gasteiger partial charge on any atom is 0.00504 e. The van der Waals surface area contributed by atoms with E-state index in [1.54, 1.807) is 0 Å². The summed E-state index contributed by atoms with van der Waals surface area (Å²) < 4.78 is 0. The van der Waals surface area contributed by atoms with Gasteiger partial charge in [0.25, 0.3) is 0 Å². The highest BCUT2D eigenvalue weighted by Gasteiger charge is 2.39. The minimum atomic E-state index is 0.476. The van der Waals surface area contributed by atoms with Gasteiger partial charge in [0.15, 0.2) is 0 Å². The van der Waals surface area contributed by atoms with Gasteiger partial charge in [-0.1, -0.05) is 47.5 Å². The molecule has 1 aliphatic carbocycles. The van der Waals surface area contributed by atoms with Gasteiger partial charge in [0.2, 0.25) is 0 Å². The van der Waals surface area contributed by atoms with Crippen molar-refractivity contribution in [3.63, 3.8) is 0 Å². The molecule has 2 aliphatic rings. The van der Waals surface area contributed by atoms with Crippen molar-refractivity contribution in [2.24, 2.45) is 22.7 Å². The van der Waals surface area contributed by atoms with Crippen molar-refractivity contribution < 1.29 is 0 Å². The highest BCUT2D eigenvalue weighted by Crippen LogP contribution is 2.41. The molecular formula is C19H38N2. The Bertz CT molecular complexity index is 320. The lowest BCUT2D eigenvalue weighted by Gasteiger charge is -2.43. The van der Waals surface area contributed by atoms with Crippen LogP contribution in [0.1, 0.15) is 66.7 Å². The normalized spacial score (nSPS) is 35.3. The van der Waals surface area contributed by atoms with Crippen LogP contribution in [-0.4, -0.2) is 37.6 Å². The maximum atomic E-state index is 3.67. The van der Waals surface area contributed by atoms with Crippen LogP contribution in [0.25, 0.3) is 0 Å². The number of nitrogens with one attached hydrogen (secondary N) is 1. The Balaban J connectivity index is 1.96. The zero-order valence-corrected chi connectivity index (χ0v) is 15.2. The van der Waals surface area contributed by atoms with E-state index in [2.05, 4.69) is 44.8 Å². The average molecular weight is 295 g/mol. The van der Waals surface area contributed by atoms with Crippen molar-refractivity contribution in [3.8, 4) is 0 Å². The lowest BCUT2D eigenvalue weighted by Crippen LogP contribution is -2.46. The zero-order chi connectivity index (χ0) is 15.5. The van der Waals surface area contributed by atoms with Crippen molar-refractivity contribution in [1.82, 2.24) is 10.2 Å². The molecule has 2 nitrogen and oxygen atoms in total. The van der Waals surface area contributed by atoms with Crippen molar-refractivity contribution in [1.29, 1.82) is 0 Å². The molecule has 0 aromatic carbocycles. The zero-order valence-electron chi connectivity index (χ0n) is 15.2. The number of nitrogens with zero attached hydrogens (tertiary/aromatic N) is 1. The van der Waals surface area contributed by atoms with Gasteiger partial charge in [0.05, 0.1) is 0 Å². The van der Waals surface area contributed by atoms with Crippen LogP contribution in [0.3, 0.4) is 0 Å². The molecule has 0 aromatic rings. The third-order valence-corrected chi connectivity index (χ3v) is 5.99. The lowest BCUT2D eigenvalue weighted by molar-refractivity contribution is 0.0862. The minimum Gasteiger partial charge on any atom is -0.316 e. The Labute approximate surface area is 133 Å². The van der Waals surface area contributed by atoms with Gasteiger partial charge < -0.3 is 10.2 Å². The Kier molecular flexibility index (Phi) is 5.76. The Hall–Kier alpha value is -0.0800. The fourth-order valence-corrected chi connectivity index (χ4v) is 4.68. The molecule has 2 rings (SSSR count). The first-order chi connectivity index (χ1) is 9.85. The van der Waals surface area contributed by atoms with Crippen LogP contribution < -0.4 is 5.32 Å². The van der Waals surface area contributed by atoms with E-state index in [0.29, 0.717) is 10.8 Å². The summed E-state index contributed by atoms with van der Waals surface area (Å²) in [5, 5.41) is 3.67. The highest BCUT2D eigenvalue weighted by molar-refractivity contribution is 4.93. The molecule has 3 unspecified atom stereocenters. The number of rotatable bonds is 5. The molecule has 2 fully saturated rings. The van der Waals surface area contributed by atoms with Crippen LogP contribution in [0, 0.1) is 22.7 Å². The van der Waals surface area contributed by atoms with Crippen molar-refractivity contribution >= 4 is 0 Å². The summed E-state index contributed by atoms with van der Waals surface area (Å²) in [4.78, 5) is 2.78. The van der Waals surface area contributed by atoms with E-state index < -0.39 is 0 Å². The highest BCUT2D eigenvalue weighted by atomic mass is 15.2. The van der Waals surface area contributed by atoms with E-state index in [9.17, 15) is 0 Å². The van der Waals surface area contributed by atoms with Crippen molar-refractivity contribution in [2.75, 3.05) is 32.7 Å². The first kappa shape index (κ1) is 17.3. The molecule has 1 heterocycles. The second-order valence-electron chi connectivity index (χ2n) is 9.07. The first-order valence-corrected chi connectivity index (χ1v) is 9.28. The second kappa shape index (κ2) is 7.00. The number of hydrogen-bond acceptors (Lipinski definition) is 2. The molecule has 0 aromatic heterocycles. The van der Waals surface area contributed by atoms with Crippen LogP contribution in [0.5, 0.6) is 0 Å². The average Bonchev–Trinajstić information content (AvgIpc) is 2.85. The largest absolute Gasteiger partial charge is 0.316 e. The van der Waals surface area contributed by atoms with E-state index in [1.807, 2.05) is 0 Å². The van der Waals surface area contributed by atoms with Gasteiger partial charge in [0, 0.05) is 19.6 Å². The van der Waals surface area contributed by atoms with E-state index in [0.717, 1.165) is 18.4 Å². The Morgan fingerprint density at radius 3 is 2.57 bits per heavy atom. The van der Waals surface area contributed by atoms with Crippen LogP contribution >= 0.6 is 0 Å². The SMILES string of the molecule is CCNCC1(CN2CCC(C(C)(C)C)C2)CCCC(C)C1. The summed E-state index contributed by atoms with van der Waals surface area (Å²) in [5.74, 6) is 1.80. The van der Waals surface area contributed by atoms with Gasteiger partial charge >= 0.3 is 0 Å². The fourth-order valence-electron chi connectivity index (χ4n) is 4.68. The molecular weight excluding hydrogens is 256 g/mol. The summed E-state index contributed by atoms with van der Waals surface area (Å²) in [6, 6.07) is 0. The van der Waals surface area contributed by atoms with Crippen LogP contribution in [0.15, 0.2) is 0 Å². The molecule has 0 bridgehead atoms. The maximum absolute atomic E-state index is 3.67. The summed E-state index contributed by atoms with van der Waals surface area (Å²) in [7, 11) is 0. The predicted molar refractivity (Wildman–Crippen MR) is 92.6 cm³/mol. The Morgan fingerprint density at radius 1 is 1.24 bits per heavy atom. The quantitative estimate of drug-likeness (QED) is 0.819. The van der Waals surface area contributed by atoms with E-state index >= 15 is 0 Å². The second-order valence-corrected chi connectivity index (χ2v) is 9.07. The van der Waals surface area contributed by atoms with Crippen LogP contribution in [0.2, 0.25) is 0 Å². The van der Waals surface area contributed by atoms with Gasteiger partial charge in [-0.05, 0) is 55.0 Å². The topological polar surface area (TPSA) is 15.3 Å². The summed E-state index contributed by atoms with van der Waals surface area (Å²) in [6.45, 7) is 18.3. The molecule has 1 aliphatic heterocycles. The van der Waals surface area contributed by atoms with E-state index in [-0.39, 0.29) is 0 Å².